The minimum Gasteiger partial charge on any atom is -0.383 e. The molecule has 1 atom stereocenters. The lowest BCUT2D eigenvalue weighted by Crippen LogP contribution is -2.43. The van der Waals surface area contributed by atoms with Gasteiger partial charge in [-0.1, -0.05) is 46.5 Å². The highest BCUT2D eigenvalue weighted by molar-refractivity contribution is 4.90. The number of hydrogen-bond acceptors (Lipinski definition) is 2. The summed E-state index contributed by atoms with van der Waals surface area (Å²) < 4.78 is 5.15. The van der Waals surface area contributed by atoms with Crippen molar-refractivity contribution in [2.24, 2.45) is 17.3 Å². The third-order valence-corrected chi connectivity index (χ3v) is 5.68. The van der Waals surface area contributed by atoms with E-state index in [4.69, 9.17) is 4.74 Å². The Morgan fingerprint density at radius 1 is 1.25 bits per heavy atom. The van der Waals surface area contributed by atoms with Crippen molar-refractivity contribution in [2.75, 3.05) is 26.8 Å². The van der Waals surface area contributed by atoms with E-state index in [0.29, 0.717) is 5.41 Å². The molecule has 1 saturated carbocycles. The summed E-state index contributed by atoms with van der Waals surface area (Å²) in [5.74, 6) is 1.84. The van der Waals surface area contributed by atoms with Crippen LogP contribution in [0.25, 0.3) is 0 Å². The van der Waals surface area contributed by atoms with Gasteiger partial charge in [0.1, 0.15) is 0 Å². The Morgan fingerprint density at radius 3 is 2.50 bits per heavy atom. The van der Waals surface area contributed by atoms with Gasteiger partial charge in [0, 0.05) is 20.2 Å². The third-order valence-electron chi connectivity index (χ3n) is 5.68. The Kier molecular flexibility index (Phi) is 8.79. The molecule has 1 unspecified atom stereocenters. The second-order valence-electron chi connectivity index (χ2n) is 6.93. The third kappa shape index (κ3) is 5.37. The van der Waals surface area contributed by atoms with Gasteiger partial charge in [-0.05, 0) is 42.9 Å². The summed E-state index contributed by atoms with van der Waals surface area (Å²) in [7, 11) is 1.78. The van der Waals surface area contributed by atoms with Crippen molar-refractivity contribution in [1.29, 1.82) is 0 Å². The Labute approximate surface area is 127 Å². The van der Waals surface area contributed by atoms with Gasteiger partial charge < -0.3 is 10.1 Å². The zero-order valence-electron chi connectivity index (χ0n) is 14.3. The predicted octanol–water partition coefficient (Wildman–Crippen LogP) is 4.64. The molecular weight excluding hydrogens is 246 g/mol. The maximum absolute atomic E-state index is 5.15. The number of ether oxygens (including phenoxy) is 1. The van der Waals surface area contributed by atoms with Crippen molar-refractivity contribution in [2.45, 2.75) is 72.1 Å². The predicted molar refractivity (Wildman–Crippen MR) is 88.1 cm³/mol. The Balaban J connectivity index is 2.45. The SMILES string of the molecule is CCCCC1CCC(CNCCOC)(C(C)CC)CC1. The van der Waals surface area contributed by atoms with Gasteiger partial charge in [0.25, 0.3) is 0 Å². The molecule has 0 bridgehead atoms. The molecular formula is C18H37NO. The highest BCUT2D eigenvalue weighted by Crippen LogP contribution is 2.46. The van der Waals surface area contributed by atoms with Gasteiger partial charge in [-0.25, -0.2) is 0 Å². The first-order valence-electron chi connectivity index (χ1n) is 8.88. The number of nitrogens with one attached hydrogen (secondary N) is 1. The normalized spacial score (nSPS) is 28.5. The number of hydrogen-bond donors (Lipinski definition) is 1. The fourth-order valence-corrected chi connectivity index (χ4v) is 3.82. The van der Waals surface area contributed by atoms with Gasteiger partial charge in [-0.15, -0.1) is 0 Å². The molecule has 2 heteroatoms. The molecule has 0 heterocycles. The monoisotopic (exact) mass is 283 g/mol. The van der Waals surface area contributed by atoms with Crippen LogP contribution in [0.4, 0.5) is 0 Å². The quantitative estimate of drug-likeness (QED) is 0.590. The van der Waals surface area contributed by atoms with Crippen LogP contribution in [0.3, 0.4) is 0 Å². The van der Waals surface area contributed by atoms with Gasteiger partial charge in [0.2, 0.25) is 0 Å². The molecule has 20 heavy (non-hydrogen) atoms. The van der Waals surface area contributed by atoms with E-state index in [9.17, 15) is 0 Å². The van der Waals surface area contributed by atoms with Gasteiger partial charge in [0.05, 0.1) is 6.61 Å². The molecule has 0 amide bonds. The van der Waals surface area contributed by atoms with Gasteiger partial charge in [0.15, 0.2) is 0 Å². The molecule has 0 aromatic heterocycles. The minimum atomic E-state index is 0.547. The van der Waals surface area contributed by atoms with Crippen LogP contribution < -0.4 is 5.32 Å². The standard InChI is InChI=1S/C18H37NO/c1-5-7-8-17-9-11-18(12-10-17,16(3)6-2)15-19-13-14-20-4/h16-17,19H,5-15H2,1-4H3. The van der Waals surface area contributed by atoms with E-state index in [1.807, 2.05) is 0 Å². The Morgan fingerprint density at radius 2 is 1.95 bits per heavy atom. The lowest BCUT2D eigenvalue weighted by Gasteiger charge is -2.45. The lowest BCUT2D eigenvalue weighted by molar-refractivity contribution is 0.0721. The van der Waals surface area contributed by atoms with Gasteiger partial charge in [-0.2, -0.15) is 0 Å². The molecule has 0 saturated heterocycles. The van der Waals surface area contributed by atoms with Crippen molar-refractivity contribution < 1.29 is 4.74 Å². The van der Waals surface area contributed by atoms with E-state index < -0.39 is 0 Å². The average Bonchev–Trinajstić information content (AvgIpc) is 2.50. The summed E-state index contributed by atoms with van der Waals surface area (Å²) in [6, 6.07) is 0. The van der Waals surface area contributed by atoms with Crippen LogP contribution in [0.1, 0.15) is 72.1 Å². The zero-order valence-corrected chi connectivity index (χ0v) is 14.3. The molecule has 0 radical (unpaired) electrons. The van der Waals surface area contributed by atoms with Crippen LogP contribution in [0.15, 0.2) is 0 Å². The molecule has 1 N–H and O–H groups in total. The van der Waals surface area contributed by atoms with Crippen molar-refractivity contribution >= 4 is 0 Å². The maximum atomic E-state index is 5.15. The molecule has 0 spiro atoms. The zero-order chi connectivity index (χ0) is 14.8. The van der Waals surface area contributed by atoms with Gasteiger partial charge in [-0.3, -0.25) is 0 Å². The smallest absolute Gasteiger partial charge is 0.0587 e. The van der Waals surface area contributed by atoms with E-state index >= 15 is 0 Å². The molecule has 1 rings (SSSR count). The lowest BCUT2D eigenvalue weighted by atomic mass is 9.62. The van der Waals surface area contributed by atoms with Crippen molar-refractivity contribution in [3.8, 4) is 0 Å². The van der Waals surface area contributed by atoms with Crippen LogP contribution >= 0.6 is 0 Å². The van der Waals surface area contributed by atoms with Gasteiger partial charge >= 0.3 is 0 Å². The van der Waals surface area contributed by atoms with E-state index in [1.54, 1.807) is 7.11 Å². The average molecular weight is 284 g/mol. The second-order valence-corrected chi connectivity index (χ2v) is 6.93. The van der Waals surface area contributed by atoms with Crippen molar-refractivity contribution in [1.82, 2.24) is 5.32 Å². The fraction of sp³-hybridized carbons (Fsp3) is 1.00. The molecule has 1 fully saturated rings. The number of rotatable bonds is 10. The largest absolute Gasteiger partial charge is 0.383 e. The molecule has 1 aliphatic carbocycles. The summed E-state index contributed by atoms with van der Waals surface area (Å²) >= 11 is 0. The van der Waals surface area contributed by atoms with Crippen LogP contribution in [0, 0.1) is 17.3 Å². The number of methoxy groups -OCH3 is 1. The van der Waals surface area contributed by atoms with Crippen LogP contribution in [-0.2, 0) is 4.74 Å². The topological polar surface area (TPSA) is 21.3 Å². The second kappa shape index (κ2) is 9.78. The summed E-state index contributed by atoms with van der Waals surface area (Å²) in [6.45, 7) is 10.1. The number of unbranched alkanes of at least 4 members (excludes halogenated alkanes) is 1. The van der Waals surface area contributed by atoms with Crippen LogP contribution in [0.2, 0.25) is 0 Å². The van der Waals surface area contributed by atoms with Crippen LogP contribution in [-0.4, -0.2) is 26.8 Å². The first kappa shape index (κ1) is 18.0. The van der Waals surface area contributed by atoms with E-state index in [-0.39, 0.29) is 0 Å². The fourth-order valence-electron chi connectivity index (χ4n) is 3.82. The molecule has 2 nitrogen and oxygen atoms in total. The summed E-state index contributed by atoms with van der Waals surface area (Å²) in [5.41, 5.74) is 0.547. The Hall–Kier alpha value is -0.0800. The van der Waals surface area contributed by atoms with Crippen LogP contribution in [0.5, 0.6) is 0 Å². The minimum absolute atomic E-state index is 0.547. The molecule has 1 aliphatic rings. The molecule has 0 aromatic rings. The summed E-state index contributed by atoms with van der Waals surface area (Å²) in [6.07, 6.45) is 11.3. The molecule has 120 valence electrons. The maximum Gasteiger partial charge on any atom is 0.0587 e. The highest BCUT2D eigenvalue weighted by Gasteiger charge is 2.38. The first-order valence-corrected chi connectivity index (χ1v) is 8.88. The summed E-state index contributed by atoms with van der Waals surface area (Å²) in [5, 5.41) is 3.65. The van der Waals surface area contributed by atoms with E-state index in [0.717, 1.165) is 25.0 Å². The Bertz CT molecular complexity index is 234. The molecule has 0 aliphatic heterocycles. The summed E-state index contributed by atoms with van der Waals surface area (Å²) in [4.78, 5) is 0. The first-order chi connectivity index (χ1) is 9.68. The highest BCUT2D eigenvalue weighted by atomic mass is 16.5. The van der Waals surface area contributed by atoms with E-state index in [1.165, 1.54) is 57.9 Å². The van der Waals surface area contributed by atoms with E-state index in [2.05, 4.69) is 26.1 Å². The molecule has 0 aromatic carbocycles. The van der Waals surface area contributed by atoms with Crippen molar-refractivity contribution in [3.63, 3.8) is 0 Å². The van der Waals surface area contributed by atoms with Crippen molar-refractivity contribution in [3.05, 3.63) is 0 Å².